The minimum Gasteiger partial charge on any atom is -0.497 e. The third-order valence-electron chi connectivity index (χ3n) is 4.98. The van der Waals surface area contributed by atoms with Crippen LogP contribution in [0.4, 0.5) is 0 Å². The minimum absolute atomic E-state index is 0.120. The molecule has 0 unspecified atom stereocenters. The van der Waals surface area contributed by atoms with Gasteiger partial charge in [0.25, 0.3) is 0 Å². The SMILES string of the molecule is COc1cc(C)c(S(=O)(=O)N[C@H]2C[C@H]3CC[C@H]2C3)c(C)c1. The van der Waals surface area contributed by atoms with Crippen LogP contribution in [0.15, 0.2) is 17.0 Å². The molecule has 4 nitrogen and oxygen atoms in total. The fourth-order valence-corrected chi connectivity index (χ4v) is 5.87. The molecule has 3 rings (SSSR count). The molecular weight excluding hydrogens is 286 g/mol. The summed E-state index contributed by atoms with van der Waals surface area (Å²) in [6, 6.07) is 3.68. The van der Waals surface area contributed by atoms with E-state index in [1.807, 2.05) is 13.8 Å². The normalized spacial score (nSPS) is 28.0. The highest BCUT2D eigenvalue weighted by Gasteiger charge is 2.41. The van der Waals surface area contributed by atoms with Crippen LogP contribution in [-0.2, 0) is 10.0 Å². The first-order chi connectivity index (χ1) is 9.90. The summed E-state index contributed by atoms with van der Waals surface area (Å²) in [6.07, 6.45) is 4.62. The average molecular weight is 309 g/mol. The van der Waals surface area contributed by atoms with Gasteiger partial charge in [-0.15, -0.1) is 0 Å². The highest BCUT2D eigenvalue weighted by molar-refractivity contribution is 7.89. The predicted molar refractivity (Wildman–Crippen MR) is 82.0 cm³/mol. The van der Waals surface area contributed by atoms with Crippen LogP contribution in [0.3, 0.4) is 0 Å². The maximum absolute atomic E-state index is 12.8. The molecule has 2 saturated carbocycles. The maximum Gasteiger partial charge on any atom is 0.241 e. The van der Waals surface area contributed by atoms with Crippen LogP contribution < -0.4 is 9.46 Å². The first-order valence-electron chi connectivity index (χ1n) is 7.58. The zero-order chi connectivity index (χ0) is 15.2. The molecule has 2 bridgehead atoms. The number of sulfonamides is 1. The molecule has 2 aliphatic carbocycles. The Morgan fingerprint density at radius 2 is 1.81 bits per heavy atom. The van der Waals surface area contributed by atoms with E-state index in [1.54, 1.807) is 19.2 Å². The molecule has 0 aromatic heterocycles. The van der Waals surface area contributed by atoms with E-state index in [1.165, 1.54) is 19.3 Å². The van der Waals surface area contributed by atoms with E-state index in [9.17, 15) is 8.42 Å². The lowest BCUT2D eigenvalue weighted by molar-refractivity contribution is 0.390. The van der Waals surface area contributed by atoms with Crippen molar-refractivity contribution < 1.29 is 13.2 Å². The van der Waals surface area contributed by atoms with Crippen LogP contribution in [0.1, 0.15) is 36.8 Å². The van der Waals surface area contributed by atoms with Gasteiger partial charge in [0.1, 0.15) is 5.75 Å². The van der Waals surface area contributed by atoms with Crippen molar-refractivity contribution in [3.8, 4) is 5.75 Å². The smallest absolute Gasteiger partial charge is 0.241 e. The van der Waals surface area contributed by atoms with Gasteiger partial charge in [-0.1, -0.05) is 6.42 Å². The van der Waals surface area contributed by atoms with Crippen molar-refractivity contribution in [1.29, 1.82) is 0 Å². The van der Waals surface area contributed by atoms with E-state index >= 15 is 0 Å². The summed E-state index contributed by atoms with van der Waals surface area (Å²) in [5.74, 6) is 1.95. The van der Waals surface area contributed by atoms with Crippen LogP contribution in [-0.4, -0.2) is 21.6 Å². The molecule has 3 atom stereocenters. The predicted octanol–water partition coefficient (Wildman–Crippen LogP) is 2.78. The first-order valence-corrected chi connectivity index (χ1v) is 9.06. The molecule has 0 amide bonds. The molecule has 0 radical (unpaired) electrons. The fourth-order valence-electron chi connectivity index (χ4n) is 4.10. The molecule has 1 aromatic rings. The second-order valence-electron chi connectivity index (χ2n) is 6.49. The van der Waals surface area contributed by atoms with Crippen LogP contribution in [0.25, 0.3) is 0 Å². The van der Waals surface area contributed by atoms with Gasteiger partial charge < -0.3 is 4.74 Å². The number of benzene rings is 1. The Bertz CT molecular complexity index is 630. The molecule has 0 saturated heterocycles. The van der Waals surface area contributed by atoms with Crippen LogP contribution >= 0.6 is 0 Å². The Morgan fingerprint density at radius 3 is 2.29 bits per heavy atom. The Hall–Kier alpha value is -1.07. The van der Waals surface area contributed by atoms with Crippen molar-refractivity contribution in [2.45, 2.75) is 50.5 Å². The number of nitrogens with one attached hydrogen (secondary N) is 1. The van der Waals surface area contributed by atoms with Crippen molar-refractivity contribution in [2.24, 2.45) is 11.8 Å². The Labute approximate surface area is 126 Å². The molecule has 116 valence electrons. The van der Waals surface area contributed by atoms with Crippen LogP contribution in [0, 0.1) is 25.7 Å². The summed E-state index contributed by atoms with van der Waals surface area (Å²) in [5.41, 5.74) is 1.48. The number of hydrogen-bond donors (Lipinski definition) is 1. The lowest BCUT2D eigenvalue weighted by Crippen LogP contribution is -2.38. The number of fused-ring (bicyclic) bond motifs is 2. The second-order valence-corrected chi connectivity index (χ2v) is 8.14. The van der Waals surface area contributed by atoms with E-state index in [0.29, 0.717) is 16.6 Å². The molecule has 1 N–H and O–H groups in total. The Balaban J connectivity index is 1.88. The average Bonchev–Trinajstić information content (AvgIpc) is 2.98. The van der Waals surface area contributed by atoms with E-state index in [0.717, 1.165) is 23.5 Å². The molecule has 5 heteroatoms. The number of ether oxygens (including phenoxy) is 1. The number of rotatable bonds is 4. The van der Waals surface area contributed by atoms with Gasteiger partial charge in [-0.05, 0) is 68.2 Å². The van der Waals surface area contributed by atoms with E-state index in [2.05, 4.69) is 4.72 Å². The van der Waals surface area contributed by atoms with E-state index in [4.69, 9.17) is 4.74 Å². The highest BCUT2D eigenvalue weighted by atomic mass is 32.2. The van der Waals surface area contributed by atoms with E-state index < -0.39 is 10.0 Å². The molecule has 0 spiro atoms. The van der Waals surface area contributed by atoms with Gasteiger partial charge in [0, 0.05) is 6.04 Å². The third-order valence-corrected chi connectivity index (χ3v) is 6.78. The molecular formula is C16H23NO3S. The van der Waals surface area contributed by atoms with Gasteiger partial charge in [0.2, 0.25) is 10.0 Å². The molecule has 0 heterocycles. The van der Waals surface area contributed by atoms with Crippen molar-refractivity contribution in [2.75, 3.05) is 7.11 Å². The zero-order valence-corrected chi connectivity index (χ0v) is 13.7. The summed E-state index contributed by atoms with van der Waals surface area (Å²) in [5, 5.41) is 0. The third kappa shape index (κ3) is 2.69. The minimum atomic E-state index is -3.46. The summed E-state index contributed by atoms with van der Waals surface area (Å²) in [7, 11) is -1.86. The van der Waals surface area contributed by atoms with E-state index in [-0.39, 0.29) is 6.04 Å². The largest absolute Gasteiger partial charge is 0.497 e. The molecule has 21 heavy (non-hydrogen) atoms. The Kier molecular flexibility index (Phi) is 3.74. The summed E-state index contributed by atoms with van der Waals surface area (Å²) < 4.78 is 33.7. The molecule has 0 aliphatic heterocycles. The van der Waals surface area contributed by atoms with Gasteiger partial charge in [-0.25, -0.2) is 13.1 Å². The molecule has 2 fully saturated rings. The van der Waals surface area contributed by atoms with Crippen LogP contribution in [0.2, 0.25) is 0 Å². The molecule has 2 aliphatic rings. The number of aryl methyl sites for hydroxylation is 2. The standard InChI is InChI=1S/C16H23NO3S/c1-10-6-14(20-3)7-11(2)16(10)21(18,19)17-15-9-12-4-5-13(15)8-12/h6-7,12-13,15,17H,4-5,8-9H2,1-3H3/t12-,13-,15-/m0/s1. The quantitative estimate of drug-likeness (QED) is 0.930. The highest BCUT2D eigenvalue weighted by Crippen LogP contribution is 2.45. The van der Waals surface area contributed by atoms with Gasteiger partial charge in [0.15, 0.2) is 0 Å². The van der Waals surface area contributed by atoms with Gasteiger partial charge >= 0.3 is 0 Å². The molecule has 1 aromatic carbocycles. The van der Waals surface area contributed by atoms with Crippen molar-refractivity contribution in [3.05, 3.63) is 23.3 Å². The number of hydrogen-bond acceptors (Lipinski definition) is 3. The first kappa shape index (κ1) is 14.9. The van der Waals surface area contributed by atoms with Crippen molar-refractivity contribution in [1.82, 2.24) is 4.72 Å². The van der Waals surface area contributed by atoms with Crippen LogP contribution in [0.5, 0.6) is 5.75 Å². The Morgan fingerprint density at radius 1 is 1.14 bits per heavy atom. The lowest BCUT2D eigenvalue weighted by Gasteiger charge is -2.24. The number of methoxy groups -OCH3 is 1. The topological polar surface area (TPSA) is 55.4 Å². The zero-order valence-electron chi connectivity index (χ0n) is 12.8. The van der Waals surface area contributed by atoms with Crippen molar-refractivity contribution >= 4 is 10.0 Å². The second kappa shape index (κ2) is 5.29. The fraction of sp³-hybridized carbons (Fsp3) is 0.625. The van der Waals surface area contributed by atoms with Gasteiger partial charge in [-0.3, -0.25) is 0 Å². The van der Waals surface area contributed by atoms with Crippen molar-refractivity contribution in [3.63, 3.8) is 0 Å². The summed E-state index contributed by atoms with van der Waals surface area (Å²) >= 11 is 0. The van der Waals surface area contributed by atoms with Gasteiger partial charge in [-0.2, -0.15) is 0 Å². The lowest BCUT2D eigenvalue weighted by atomic mass is 9.96. The summed E-state index contributed by atoms with van der Waals surface area (Å²) in [6.45, 7) is 3.65. The maximum atomic E-state index is 12.8. The van der Waals surface area contributed by atoms with Gasteiger partial charge in [0.05, 0.1) is 12.0 Å². The summed E-state index contributed by atoms with van der Waals surface area (Å²) in [4.78, 5) is 0.408. The monoisotopic (exact) mass is 309 g/mol.